The van der Waals surface area contributed by atoms with Crippen LogP contribution in [0.4, 0.5) is 3.89 Å². The molecule has 0 spiro atoms. The Morgan fingerprint density at radius 3 is 2.53 bits per heavy atom. The van der Waals surface area contributed by atoms with Crippen molar-refractivity contribution < 1.29 is 21.8 Å². The molecule has 0 fully saturated rings. The molecule has 0 amide bonds. The first kappa shape index (κ1) is 15.7. The van der Waals surface area contributed by atoms with Gasteiger partial charge in [-0.3, -0.25) is 0 Å². The monoisotopic (exact) mass is 306 g/mol. The highest BCUT2D eigenvalue weighted by Gasteiger charge is 2.07. The topological polar surface area (TPSA) is 60.4 Å². The summed E-state index contributed by atoms with van der Waals surface area (Å²) in [6.45, 7) is 0.0735. The number of ether oxygens (including phenoxy) is 1. The van der Waals surface area contributed by atoms with Crippen LogP contribution in [0.2, 0.25) is 0 Å². The summed E-state index contributed by atoms with van der Waals surface area (Å²) in [5, 5.41) is 0.200. The number of hydrogen-bond acceptors (Lipinski definition) is 4. The number of carbonyl (C=O) groups is 1. The van der Waals surface area contributed by atoms with Crippen molar-refractivity contribution in [2.45, 2.75) is 12.8 Å². The van der Waals surface area contributed by atoms with Crippen LogP contribution in [0, 0.1) is 0 Å². The lowest BCUT2D eigenvalue weighted by atomic mass is 10.2. The van der Waals surface area contributed by atoms with E-state index in [1.165, 1.54) is 0 Å². The van der Waals surface area contributed by atoms with Crippen LogP contribution >= 0.6 is 11.6 Å². The third-order valence-corrected chi connectivity index (χ3v) is 3.06. The molecule has 0 aliphatic heterocycles. The van der Waals surface area contributed by atoms with E-state index in [2.05, 4.69) is 0 Å². The Bertz CT molecular complexity index is 554. The highest BCUT2D eigenvalue weighted by atomic mass is 35.5. The van der Waals surface area contributed by atoms with Crippen molar-refractivity contribution in [3.63, 3.8) is 0 Å². The molecule has 7 heteroatoms. The lowest BCUT2D eigenvalue weighted by molar-refractivity contribution is 0.0501. The molecule has 1 aromatic rings. The molecule has 0 radical (unpaired) electrons. The van der Waals surface area contributed by atoms with Gasteiger partial charge in [0.15, 0.2) is 0 Å². The minimum absolute atomic E-state index is 0.0735. The standard InChI is InChI=1S/C12H12ClFO4S/c13-11(9-19(14,16)17)7-4-8-18-12(15)10-5-2-1-3-6-10/h1-3,5-6,9H,4,7-8H2/b11-9+. The summed E-state index contributed by atoms with van der Waals surface area (Å²) >= 11 is 5.50. The molecule has 4 nitrogen and oxygen atoms in total. The van der Waals surface area contributed by atoms with Gasteiger partial charge in [0.25, 0.3) is 0 Å². The average molecular weight is 307 g/mol. The zero-order valence-corrected chi connectivity index (χ0v) is 11.5. The summed E-state index contributed by atoms with van der Waals surface area (Å²) in [5.74, 6) is -0.473. The summed E-state index contributed by atoms with van der Waals surface area (Å²) < 4.78 is 37.7. The molecular formula is C12H12ClFO4S. The van der Waals surface area contributed by atoms with Gasteiger partial charge in [0.1, 0.15) is 0 Å². The summed E-state index contributed by atoms with van der Waals surface area (Å²) in [5.41, 5.74) is 0.426. The summed E-state index contributed by atoms with van der Waals surface area (Å²) in [4.78, 5) is 11.5. The molecule has 0 aliphatic rings. The van der Waals surface area contributed by atoms with Crippen LogP contribution in [-0.2, 0) is 15.0 Å². The van der Waals surface area contributed by atoms with E-state index in [9.17, 15) is 17.1 Å². The van der Waals surface area contributed by atoms with Crippen LogP contribution in [-0.4, -0.2) is 21.0 Å². The lowest BCUT2D eigenvalue weighted by Crippen LogP contribution is -2.06. The van der Waals surface area contributed by atoms with Crippen molar-refractivity contribution >= 4 is 27.8 Å². The van der Waals surface area contributed by atoms with Gasteiger partial charge in [-0.1, -0.05) is 29.8 Å². The molecule has 0 saturated heterocycles. The predicted molar refractivity (Wildman–Crippen MR) is 69.9 cm³/mol. The normalized spacial score (nSPS) is 12.2. The quantitative estimate of drug-likeness (QED) is 0.460. The second-order valence-electron chi connectivity index (χ2n) is 3.65. The lowest BCUT2D eigenvalue weighted by Gasteiger charge is -2.04. The maximum absolute atomic E-state index is 12.2. The van der Waals surface area contributed by atoms with Crippen molar-refractivity contribution in [2.24, 2.45) is 0 Å². The van der Waals surface area contributed by atoms with Gasteiger partial charge in [-0.2, -0.15) is 8.42 Å². The van der Waals surface area contributed by atoms with Gasteiger partial charge in [0, 0.05) is 5.03 Å². The zero-order chi connectivity index (χ0) is 14.3. The molecule has 0 atom stereocenters. The molecule has 0 unspecified atom stereocenters. The number of rotatable bonds is 6. The van der Waals surface area contributed by atoms with Gasteiger partial charge in [0.2, 0.25) is 0 Å². The fourth-order valence-corrected chi connectivity index (χ4v) is 2.15. The summed E-state index contributed by atoms with van der Waals surface area (Å²) in [6, 6.07) is 8.43. The molecule has 1 rings (SSSR count). The fraction of sp³-hybridized carbons (Fsp3) is 0.250. The first-order chi connectivity index (χ1) is 8.88. The summed E-state index contributed by atoms with van der Waals surface area (Å²) in [6.07, 6.45) is 0.427. The molecule has 0 heterocycles. The molecule has 0 saturated carbocycles. The van der Waals surface area contributed by atoms with E-state index in [1.807, 2.05) is 0 Å². The Kier molecular flexibility index (Phi) is 5.98. The van der Waals surface area contributed by atoms with Crippen LogP contribution in [0.15, 0.2) is 40.8 Å². The minimum Gasteiger partial charge on any atom is -0.462 e. The SMILES string of the molecule is O=C(OCCC/C(Cl)=C\S(=O)(=O)F)c1ccccc1. The molecular weight excluding hydrogens is 295 g/mol. The van der Waals surface area contributed by atoms with Gasteiger partial charge < -0.3 is 4.74 Å². The fourth-order valence-electron chi connectivity index (χ4n) is 1.28. The zero-order valence-electron chi connectivity index (χ0n) is 9.88. The van der Waals surface area contributed by atoms with E-state index < -0.39 is 16.2 Å². The average Bonchev–Trinajstić information content (AvgIpc) is 2.33. The van der Waals surface area contributed by atoms with E-state index in [1.54, 1.807) is 30.3 Å². The van der Waals surface area contributed by atoms with Crippen molar-refractivity contribution in [3.05, 3.63) is 46.3 Å². The van der Waals surface area contributed by atoms with Crippen molar-refractivity contribution in [3.8, 4) is 0 Å². The minimum atomic E-state index is -4.72. The van der Waals surface area contributed by atoms with Gasteiger partial charge in [-0.05, 0) is 25.0 Å². The largest absolute Gasteiger partial charge is 0.462 e. The van der Waals surface area contributed by atoms with E-state index in [4.69, 9.17) is 16.3 Å². The van der Waals surface area contributed by atoms with Gasteiger partial charge in [-0.15, -0.1) is 3.89 Å². The number of benzene rings is 1. The molecule has 0 aliphatic carbocycles. The third kappa shape index (κ3) is 6.93. The molecule has 1 aromatic carbocycles. The number of carbonyl (C=O) groups excluding carboxylic acids is 1. The van der Waals surface area contributed by atoms with E-state index in [0.717, 1.165) is 0 Å². The number of esters is 1. The second-order valence-corrected chi connectivity index (χ2v) is 5.32. The Morgan fingerprint density at radius 2 is 1.95 bits per heavy atom. The summed E-state index contributed by atoms with van der Waals surface area (Å²) in [7, 11) is -4.72. The van der Waals surface area contributed by atoms with Crippen LogP contribution < -0.4 is 0 Å². The Labute approximate surface area is 116 Å². The number of hydrogen-bond donors (Lipinski definition) is 0. The van der Waals surface area contributed by atoms with E-state index in [0.29, 0.717) is 17.4 Å². The Morgan fingerprint density at radius 1 is 1.32 bits per heavy atom. The van der Waals surface area contributed by atoms with E-state index >= 15 is 0 Å². The number of allylic oxidation sites excluding steroid dienone is 1. The van der Waals surface area contributed by atoms with Crippen molar-refractivity contribution in [2.75, 3.05) is 6.61 Å². The predicted octanol–water partition coefficient (Wildman–Crippen LogP) is 3.00. The van der Waals surface area contributed by atoms with Crippen LogP contribution in [0.25, 0.3) is 0 Å². The highest BCUT2D eigenvalue weighted by molar-refractivity contribution is 7.89. The first-order valence-electron chi connectivity index (χ1n) is 5.41. The molecule has 19 heavy (non-hydrogen) atoms. The molecule has 0 N–H and O–H groups in total. The molecule has 0 bridgehead atoms. The second kappa shape index (κ2) is 7.25. The van der Waals surface area contributed by atoms with Crippen molar-refractivity contribution in [1.82, 2.24) is 0 Å². The van der Waals surface area contributed by atoms with Crippen molar-refractivity contribution in [1.29, 1.82) is 0 Å². The Hall–Kier alpha value is -1.40. The van der Waals surface area contributed by atoms with Crippen LogP contribution in [0.5, 0.6) is 0 Å². The van der Waals surface area contributed by atoms with Crippen LogP contribution in [0.3, 0.4) is 0 Å². The maximum atomic E-state index is 12.2. The van der Waals surface area contributed by atoms with Gasteiger partial charge in [0.05, 0.1) is 17.6 Å². The highest BCUT2D eigenvalue weighted by Crippen LogP contribution is 2.13. The third-order valence-electron chi connectivity index (χ3n) is 2.07. The number of halogens is 2. The van der Waals surface area contributed by atoms with E-state index in [-0.39, 0.29) is 18.1 Å². The van der Waals surface area contributed by atoms with Gasteiger partial charge in [-0.25, -0.2) is 4.79 Å². The Balaban J connectivity index is 2.32. The van der Waals surface area contributed by atoms with Gasteiger partial charge >= 0.3 is 16.2 Å². The smallest absolute Gasteiger partial charge is 0.338 e. The molecule has 0 aromatic heterocycles. The maximum Gasteiger partial charge on any atom is 0.338 e. The molecule has 104 valence electrons. The first-order valence-corrected chi connectivity index (χ1v) is 7.24. The van der Waals surface area contributed by atoms with Crippen LogP contribution in [0.1, 0.15) is 23.2 Å².